The van der Waals surface area contributed by atoms with Crippen LogP contribution in [-0.4, -0.2) is 52.7 Å². The summed E-state index contributed by atoms with van der Waals surface area (Å²) in [6.07, 6.45) is 1.81. The predicted octanol–water partition coefficient (Wildman–Crippen LogP) is 0.572. The Morgan fingerprint density at radius 1 is 1.45 bits per heavy atom. The molecule has 0 aliphatic carbocycles. The molecule has 1 aliphatic rings. The molecule has 1 fully saturated rings. The number of carboxylic acid groups (broad SMARTS) is 1. The van der Waals surface area contributed by atoms with Crippen LogP contribution in [0.5, 0.6) is 0 Å². The number of carbonyl (C=O) groups is 2. The topological polar surface area (TPSA) is 79.7 Å². The number of hydrogen-bond acceptors (Lipinski definition) is 4. The summed E-state index contributed by atoms with van der Waals surface area (Å²) < 4.78 is 5.22. The fourth-order valence-electron chi connectivity index (χ4n) is 2.44. The molecule has 108 valence electrons. The minimum absolute atomic E-state index is 0.118. The number of carboxylic acids is 1. The van der Waals surface area contributed by atoms with Crippen molar-refractivity contribution < 1.29 is 19.4 Å². The van der Waals surface area contributed by atoms with Crippen LogP contribution < -0.4 is 0 Å². The van der Waals surface area contributed by atoms with Gasteiger partial charge in [0.1, 0.15) is 5.92 Å². The Bertz CT molecular complexity index is 477. The first-order valence-corrected chi connectivity index (χ1v) is 6.63. The predicted molar refractivity (Wildman–Crippen MR) is 71.1 cm³/mol. The Morgan fingerprint density at radius 2 is 2.25 bits per heavy atom. The van der Waals surface area contributed by atoms with E-state index in [9.17, 15) is 9.59 Å². The number of amides is 1. The fraction of sp³-hybridized carbons (Fsp3) is 0.500. The van der Waals surface area contributed by atoms with Gasteiger partial charge in [-0.1, -0.05) is 6.07 Å². The van der Waals surface area contributed by atoms with Crippen LogP contribution in [-0.2, 0) is 20.7 Å². The highest BCUT2D eigenvalue weighted by molar-refractivity contribution is 5.80. The van der Waals surface area contributed by atoms with Gasteiger partial charge in [0, 0.05) is 18.4 Å². The molecule has 2 heterocycles. The van der Waals surface area contributed by atoms with Crippen molar-refractivity contribution in [3.63, 3.8) is 0 Å². The van der Waals surface area contributed by atoms with E-state index in [0.29, 0.717) is 12.2 Å². The van der Waals surface area contributed by atoms with Crippen molar-refractivity contribution in [1.82, 2.24) is 9.88 Å². The van der Waals surface area contributed by atoms with E-state index in [1.807, 2.05) is 13.0 Å². The minimum Gasteiger partial charge on any atom is -0.481 e. The second-order valence-electron chi connectivity index (χ2n) is 4.73. The lowest BCUT2D eigenvalue weighted by Gasteiger charge is -2.29. The third-order valence-corrected chi connectivity index (χ3v) is 3.49. The molecule has 0 bridgehead atoms. The fourth-order valence-corrected chi connectivity index (χ4v) is 2.44. The Labute approximate surface area is 117 Å². The SMILES string of the molecule is CCN(C(=O)Cc1ccccn1)C1COCC1C(=O)O. The Kier molecular flexibility index (Phi) is 4.68. The van der Waals surface area contributed by atoms with E-state index in [-0.39, 0.29) is 25.5 Å². The largest absolute Gasteiger partial charge is 0.481 e. The quantitative estimate of drug-likeness (QED) is 0.852. The van der Waals surface area contributed by atoms with Gasteiger partial charge in [-0.25, -0.2) is 0 Å². The molecule has 0 radical (unpaired) electrons. The van der Waals surface area contributed by atoms with E-state index in [2.05, 4.69) is 4.98 Å². The average molecular weight is 278 g/mol. The molecular formula is C14H18N2O4. The van der Waals surface area contributed by atoms with Crippen molar-refractivity contribution >= 4 is 11.9 Å². The first-order chi connectivity index (χ1) is 9.63. The maximum atomic E-state index is 12.3. The Hall–Kier alpha value is -1.95. The normalized spacial score (nSPS) is 21.6. The van der Waals surface area contributed by atoms with Crippen LogP contribution in [0.1, 0.15) is 12.6 Å². The number of hydrogen-bond donors (Lipinski definition) is 1. The summed E-state index contributed by atoms with van der Waals surface area (Å²) in [5.41, 5.74) is 0.682. The van der Waals surface area contributed by atoms with Crippen molar-refractivity contribution in [1.29, 1.82) is 0 Å². The van der Waals surface area contributed by atoms with Crippen molar-refractivity contribution in [2.24, 2.45) is 5.92 Å². The van der Waals surface area contributed by atoms with Crippen LogP contribution in [0.4, 0.5) is 0 Å². The highest BCUT2D eigenvalue weighted by Gasteiger charge is 2.39. The van der Waals surface area contributed by atoms with Crippen molar-refractivity contribution in [2.75, 3.05) is 19.8 Å². The molecule has 0 spiro atoms. The summed E-state index contributed by atoms with van der Waals surface area (Å²) in [5.74, 6) is -1.69. The molecule has 20 heavy (non-hydrogen) atoms. The van der Waals surface area contributed by atoms with Crippen LogP contribution in [0.3, 0.4) is 0 Å². The lowest BCUT2D eigenvalue weighted by atomic mass is 10.0. The first kappa shape index (κ1) is 14.5. The number of nitrogens with zero attached hydrogens (tertiary/aromatic N) is 2. The van der Waals surface area contributed by atoms with Gasteiger partial charge in [0.05, 0.1) is 25.7 Å². The molecule has 6 heteroatoms. The van der Waals surface area contributed by atoms with Gasteiger partial charge in [-0.05, 0) is 19.1 Å². The molecule has 1 aliphatic heterocycles. The van der Waals surface area contributed by atoms with E-state index < -0.39 is 17.9 Å². The molecule has 1 aromatic rings. The molecule has 1 N–H and O–H groups in total. The molecular weight excluding hydrogens is 260 g/mol. The monoisotopic (exact) mass is 278 g/mol. The standard InChI is InChI=1S/C14H18N2O4/c1-2-16(12-9-20-8-11(12)14(18)19)13(17)7-10-5-3-4-6-15-10/h3-6,11-12H,2,7-9H2,1H3,(H,18,19). The number of ether oxygens (including phenoxy) is 1. The number of likely N-dealkylation sites (N-methyl/N-ethyl adjacent to an activating group) is 1. The number of rotatable bonds is 5. The number of carbonyl (C=O) groups excluding carboxylic acids is 1. The van der Waals surface area contributed by atoms with Crippen LogP contribution in [0.2, 0.25) is 0 Å². The van der Waals surface area contributed by atoms with Gasteiger partial charge in [-0.3, -0.25) is 14.6 Å². The average Bonchev–Trinajstić information content (AvgIpc) is 2.90. The van der Waals surface area contributed by atoms with Crippen molar-refractivity contribution in [3.8, 4) is 0 Å². The summed E-state index contributed by atoms with van der Waals surface area (Å²) in [5, 5.41) is 9.17. The van der Waals surface area contributed by atoms with E-state index in [0.717, 1.165) is 0 Å². The first-order valence-electron chi connectivity index (χ1n) is 6.63. The maximum Gasteiger partial charge on any atom is 0.311 e. The molecule has 0 aromatic carbocycles. The number of aliphatic carboxylic acids is 1. The second kappa shape index (κ2) is 6.47. The van der Waals surface area contributed by atoms with Crippen molar-refractivity contribution in [2.45, 2.75) is 19.4 Å². The summed E-state index contributed by atoms with van der Waals surface area (Å²) in [4.78, 5) is 29.2. The van der Waals surface area contributed by atoms with Crippen LogP contribution in [0.15, 0.2) is 24.4 Å². The van der Waals surface area contributed by atoms with Gasteiger partial charge in [-0.15, -0.1) is 0 Å². The van der Waals surface area contributed by atoms with Gasteiger partial charge < -0.3 is 14.7 Å². The Balaban J connectivity index is 2.07. The summed E-state index contributed by atoms with van der Waals surface area (Å²) >= 11 is 0. The zero-order chi connectivity index (χ0) is 14.5. The van der Waals surface area contributed by atoms with Gasteiger partial charge in [0.25, 0.3) is 0 Å². The van der Waals surface area contributed by atoms with Crippen LogP contribution in [0, 0.1) is 5.92 Å². The van der Waals surface area contributed by atoms with Crippen LogP contribution in [0.25, 0.3) is 0 Å². The summed E-state index contributed by atoms with van der Waals surface area (Å²) in [6.45, 7) is 2.74. The molecule has 1 amide bonds. The van der Waals surface area contributed by atoms with Gasteiger partial charge in [0.2, 0.25) is 5.91 Å². The molecule has 2 rings (SSSR count). The summed E-state index contributed by atoms with van der Waals surface area (Å²) in [6, 6.07) is 5.00. The number of aromatic nitrogens is 1. The Morgan fingerprint density at radius 3 is 2.85 bits per heavy atom. The molecule has 0 saturated carbocycles. The molecule has 2 unspecified atom stereocenters. The van der Waals surface area contributed by atoms with Crippen molar-refractivity contribution in [3.05, 3.63) is 30.1 Å². The maximum absolute atomic E-state index is 12.3. The molecule has 1 aromatic heterocycles. The van der Waals surface area contributed by atoms with Gasteiger partial charge >= 0.3 is 5.97 Å². The smallest absolute Gasteiger partial charge is 0.311 e. The van der Waals surface area contributed by atoms with Gasteiger partial charge in [-0.2, -0.15) is 0 Å². The van der Waals surface area contributed by atoms with Crippen LogP contribution >= 0.6 is 0 Å². The highest BCUT2D eigenvalue weighted by Crippen LogP contribution is 2.20. The van der Waals surface area contributed by atoms with E-state index in [4.69, 9.17) is 9.84 Å². The third kappa shape index (κ3) is 3.14. The molecule has 1 saturated heterocycles. The zero-order valence-corrected chi connectivity index (χ0v) is 11.4. The molecule has 2 atom stereocenters. The summed E-state index contributed by atoms with van der Waals surface area (Å²) in [7, 11) is 0. The lowest BCUT2D eigenvalue weighted by molar-refractivity contribution is -0.144. The highest BCUT2D eigenvalue weighted by atomic mass is 16.5. The van der Waals surface area contributed by atoms with Gasteiger partial charge in [0.15, 0.2) is 0 Å². The second-order valence-corrected chi connectivity index (χ2v) is 4.73. The van der Waals surface area contributed by atoms with E-state index >= 15 is 0 Å². The number of pyridine rings is 1. The van der Waals surface area contributed by atoms with E-state index in [1.165, 1.54) is 0 Å². The lowest BCUT2D eigenvalue weighted by Crippen LogP contribution is -2.47. The van der Waals surface area contributed by atoms with E-state index in [1.54, 1.807) is 23.2 Å². The minimum atomic E-state index is -0.920. The zero-order valence-electron chi connectivity index (χ0n) is 11.4. The third-order valence-electron chi connectivity index (χ3n) is 3.49. The molecule has 6 nitrogen and oxygen atoms in total.